The number of hydrogen-bond acceptors (Lipinski definition) is 8. The minimum absolute atomic E-state index is 0.0875. The summed E-state index contributed by atoms with van der Waals surface area (Å²) < 4.78 is 53.0. The van der Waals surface area contributed by atoms with Gasteiger partial charge in [0.1, 0.15) is 5.82 Å². The smallest absolute Gasteiger partial charge is 0.351 e. The number of aromatic nitrogens is 4. The average Bonchev–Trinajstić information content (AvgIpc) is 2.87. The SMILES string of the molecule is CCCC1OC(c2cnc(N3CCN(c4nnc(-c5ccncc5)c(C)c4C)C[C@H]3C)cc2C(F)(F)F)O1. The van der Waals surface area contributed by atoms with Gasteiger partial charge in [0.25, 0.3) is 0 Å². The third kappa shape index (κ3) is 5.04. The van der Waals surface area contributed by atoms with E-state index in [-0.39, 0.29) is 17.4 Å². The number of piperazine rings is 1. The van der Waals surface area contributed by atoms with Crippen molar-refractivity contribution in [3.8, 4) is 11.3 Å². The highest BCUT2D eigenvalue weighted by Gasteiger charge is 2.42. The Labute approximate surface area is 219 Å². The third-order valence-corrected chi connectivity index (χ3v) is 7.23. The zero-order chi connectivity index (χ0) is 27.0. The van der Waals surface area contributed by atoms with Crippen molar-refractivity contribution in [3.05, 3.63) is 59.0 Å². The van der Waals surface area contributed by atoms with Crippen LogP contribution in [-0.2, 0) is 15.7 Å². The van der Waals surface area contributed by atoms with Gasteiger partial charge in [-0.2, -0.15) is 13.2 Å². The quantitative estimate of drug-likeness (QED) is 0.418. The van der Waals surface area contributed by atoms with E-state index in [0.29, 0.717) is 26.1 Å². The van der Waals surface area contributed by atoms with Crippen molar-refractivity contribution < 1.29 is 22.6 Å². The Kier molecular flexibility index (Phi) is 7.23. The molecule has 2 saturated heterocycles. The standard InChI is InChI=1S/C27H31F3N6O2/c1-5-6-23-37-26(38-23)20-14-32-22(13-21(20)27(28,29)30)36-12-11-35(15-16(36)2)25-18(4)17(3)24(33-34-25)19-7-9-31-10-8-19/h7-10,13-14,16,23,26H,5-6,11-12,15H2,1-4H3/t16-,23?,26?/m1/s1. The molecule has 2 aliphatic rings. The van der Waals surface area contributed by atoms with Crippen molar-refractivity contribution in [2.24, 2.45) is 0 Å². The van der Waals surface area contributed by atoms with Crippen molar-refractivity contribution in [2.45, 2.75) is 65.3 Å². The Balaban J connectivity index is 1.34. The molecule has 0 N–H and O–H groups in total. The normalized spacial score (nSPS) is 21.9. The van der Waals surface area contributed by atoms with E-state index >= 15 is 0 Å². The molecule has 5 heterocycles. The van der Waals surface area contributed by atoms with Gasteiger partial charge in [-0.25, -0.2) is 4.98 Å². The second kappa shape index (κ2) is 10.5. The molecule has 0 spiro atoms. The molecule has 1 atom stereocenters. The van der Waals surface area contributed by atoms with E-state index in [1.54, 1.807) is 12.4 Å². The molecule has 2 aliphatic heterocycles. The summed E-state index contributed by atoms with van der Waals surface area (Å²) in [5.74, 6) is 1.07. The van der Waals surface area contributed by atoms with E-state index in [1.165, 1.54) is 6.20 Å². The molecule has 0 bridgehead atoms. The van der Waals surface area contributed by atoms with Crippen molar-refractivity contribution >= 4 is 11.6 Å². The predicted molar refractivity (Wildman–Crippen MR) is 137 cm³/mol. The highest BCUT2D eigenvalue weighted by Crippen LogP contribution is 2.42. The molecule has 0 unspecified atom stereocenters. The summed E-state index contributed by atoms with van der Waals surface area (Å²) in [6.07, 6.45) is 0.0847. The summed E-state index contributed by atoms with van der Waals surface area (Å²) in [6.45, 7) is 9.62. The lowest BCUT2D eigenvalue weighted by Crippen LogP contribution is -2.53. The first-order chi connectivity index (χ1) is 18.2. The lowest BCUT2D eigenvalue weighted by atomic mass is 10.0. The zero-order valence-corrected chi connectivity index (χ0v) is 21.9. The van der Waals surface area contributed by atoms with Gasteiger partial charge in [0.2, 0.25) is 0 Å². The first-order valence-corrected chi connectivity index (χ1v) is 12.8. The van der Waals surface area contributed by atoms with Crippen LogP contribution in [0.2, 0.25) is 0 Å². The fraction of sp³-hybridized carbons (Fsp3) is 0.481. The zero-order valence-electron chi connectivity index (χ0n) is 21.9. The van der Waals surface area contributed by atoms with Crippen LogP contribution in [0.4, 0.5) is 24.8 Å². The van der Waals surface area contributed by atoms with E-state index in [9.17, 15) is 13.2 Å². The second-order valence-electron chi connectivity index (χ2n) is 9.80. The lowest BCUT2D eigenvalue weighted by molar-refractivity contribution is -0.392. The fourth-order valence-corrected chi connectivity index (χ4v) is 5.02. The summed E-state index contributed by atoms with van der Waals surface area (Å²) in [4.78, 5) is 12.5. The number of halogens is 3. The molecule has 0 aliphatic carbocycles. The van der Waals surface area contributed by atoms with E-state index in [4.69, 9.17) is 9.47 Å². The van der Waals surface area contributed by atoms with Crippen LogP contribution in [0, 0.1) is 13.8 Å². The Morgan fingerprint density at radius 3 is 2.45 bits per heavy atom. The van der Waals surface area contributed by atoms with Crippen LogP contribution in [0.15, 0.2) is 36.8 Å². The summed E-state index contributed by atoms with van der Waals surface area (Å²) in [5, 5.41) is 9.02. The van der Waals surface area contributed by atoms with Crippen molar-refractivity contribution in [3.63, 3.8) is 0 Å². The number of hydrogen-bond donors (Lipinski definition) is 0. The summed E-state index contributed by atoms with van der Waals surface area (Å²) in [6, 6.07) is 4.81. The molecule has 2 fully saturated rings. The molecule has 0 aromatic carbocycles. The maximum atomic E-state index is 14.0. The molecule has 5 rings (SSSR count). The maximum Gasteiger partial charge on any atom is 0.417 e. The fourth-order valence-electron chi connectivity index (χ4n) is 5.02. The Bertz CT molecular complexity index is 1280. The second-order valence-corrected chi connectivity index (χ2v) is 9.80. The highest BCUT2D eigenvalue weighted by molar-refractivity contribution is 5.66. The third-order valence-electron chi connectivity index (χ3n) is 7.23. The number of pyridine rings is 2. The van der Waals surface area contributed by atoms with Crippen LogP contribution in [0.1, 0.15) is 55.2 Å². The van der Waals surface area contributed by atoms with Gasteiger partial charge in [-0.1, -0.05) is 13.3 Å². The molecular weight excluding hydrogens is 497 g/mol. The van der Waals surface area contributed by atoms with Crippen LogP contribution < -0.4 is 9.80 Å². The molecule has 3 aromatic rings. The molecular formula is C27H31F3N6O2. The molecule has 8 nitrogen and oxygen atoms in total. The van der Waals surface area contributed by atoms with Crippen molar-refractivity contribution in [2.75, 3.05) is 29.4 Å². The average molecular weight is 529 g/mol. The summed E-state index contributed by atoms with van der Waals surface area (Å²) in [7, 11) is 0. The minimum atomic E-state index is -4.55. The van der Waals surface area contributed by atoms with Gasteiger partial charge in [0, 0.05) is 55.4 Å². The number of ether oxygens (including phenoxy) is 2. The van der Waals surface area contributed by atoms with Gasteiger partial charge in [-0.3, -0.25) is 4.98 Å². The topological polar surface area (TPSA) is 76.5 Å². The van der Waals surface area contributed by atoms with Crippen LogP contribution in [-0.4, -0.2) is 52.1 Å². The number of alkyl halides is 3. The molecule has 0 amide bonds. The Morgan fingerprint density at radius 1 is 1.05 bits per heavy atom. The first kappa shape index (κ1) is 26.3. The van der Waals surface area contributed by atoms with Gasteiger partial charge < -0.3 is 19.3 Å². The van der Waals surface area contributed by atoms with E-state index < -0.39 is 24.3 Å². The van der Waals surface area contributed by atoms with Crippen LogP contribution >= 0.6 is 0 Å². The molecule has 11 heteroatoms. The van der Waals surface area contributed by atoms with E-state index in [1.807, 2.05) is 44.7 Å². The molecule has 202 valence electrons. The van der Waals surface area contributed by atoms with Gasteiger partial charge in [-0.05, 0) is 56.5 Å². The number of nitrogens with zero attached hydrogens (tertiary/aromatic N) is 6. The van der Waals surface area contributed by atoms with Gasteiger partial charge in [0.15, 0.2) is 18.4 Å². The maximum absolute atomic E-state index is 14.0. The number of rotatable bonds is 6. The molecule has 3 aromatic heterocycles. The summed E-state index contributed by atoms with van der Waals surface area (Å²) >= 11 is 0. The molecule has 38 heavy (non-hydrogen) atoms. The Hall–Kier alpha value is -3.31. The first-order valence-electron chi connectivity index (χ1n) is 12.8. The van der Waals surface area contributed by atoms with Gasteiger partial charge in [-0.15, -0.1) is 10.2 Å². The largest absolute Gasteiger partial charge is 0.417 e. The monoisotopic (exact) mass is 528 g/mol. The van der Waals surface area contributed by atoms with Crippen LogP contribution in [0.25, 0.3) is 11.3 Å². The van der Waals surface area contributed by atoms with Gasteiger partial charge in [0.05, 0.1) is 11.3 Å². The Morgan fingerprint density at radius 2 is 1.79 bits per heavy atom. The van der Waals surface area contributed by atoms with Gasteiger partial charge >= 0.3 is 6.18 Å². The van der Waals surface area contributed by atoms with Crippen LogP contribution in [0.5, 0.6) is 0 Å². The minimum Gasteiger partial charge on any atom is -0.351 e. The van der Waals surface area contributed by atoms with Crippen molar-refractivity contribution in [1.29, 1.82) is 0 Å². The van der Waals surface area contributed by atoms with Crippen molar-refractivity contribution in [1.82, 2.24) is 20.2 Å². The predicted octanol–water partition coefficient (Wildman–Crippen LogP) is 5.46. The number of anilines is 2. The summed E-state index contributed by atoms with van der Waals surface area (Å²) in [5.41, 5.74) is 2.95. The van der Waals surface area contributed by atoms with Crippen LogP contribution in [0.3, 0.4) is 0 Å². The molecule has 0 saturated carbocycles. The van der Waals surface area contributed by atoms with E-state index in [0.717, 1.165) is 40.7 Å². The highest BCUT2D eigenvalue weighted by atomic mass is 19.4. The van der Waals surface area contributed by atoms with E-state index in [2.05, 4.69) is 25.1 Å². The molecule has 0 radical (unpaired) electrons. The lowest BCUT2D eigenvalue weighted by Gasteiger charge is -2.42.